The number of fused-ring (bicyclic) bond motifs is 42. The Kier molecular flexibility index (Phi) is 12.5. The number of para-hydroxylation sites is 2. The fourth-order valence-corrected chi connectivity index (χ4v) is 22.1. The maximum atomic E-state index is 12.1. The molecule has 0 radical (unpaired) electrons. The van der Waals surface area contributed by atoms with Crippen LogP contribution in [0.3, 0.4) is 0 Å². The molecule has 0 aromatic heterocycles. The van der Waals surface area contributed by atoms with Gasteiger partial charge in [0.25, 0.3) is 5.69 Å². The quantitative estimate of drug-likeness (QED) is 0.139. The predicted molar refractivity (Wildman–Crippen MR) is 450 cm³/mol. The number of rotatable bonds is 2. The summed E-state index contributed by atoms with van der Waals surface area (Å²) in [4.78, 5) is 11.9. The van der Waals surface area contributed by atoms with Gasteiger partial charge in [-0.25, -0.2) is 0 Å². The van der Waals surface area contributed by atoms with Gasteiger partial charge in [0.05, 0.1) is 26.7 Å². The first-order valence-corrected chi connectivity index (χ1v) is 38.3. The first kappa shape index (κ1) is 61.1. The summed E-state index contributed by atoms with van der Waals surface area (Å²) >= 11 is 0. The summed E-state index contributed by atoms with van der Waals surface area (Å²) in [5.74, 6) is 0. The third-order valence-corrected chi connectivity index (χ3v) is 25.9. The summed E-state index contributed by atoms with van der Waals surface area (Å²) in [6.45, 7) is 0. The van der Waals surface area contributed by atoms with Gasteiger partial charge in [0, 0.05) is 28.4 Å². The van der Waals surface area contributed by atoms with E-state index in [4.69, 9.17) is 0 Å². The van der Waals surface area contributed by atoms with Crippen molar-refractivity contribution < 1.29 is 4.92 Å². The minimum atomic E-state index is -0.499. The van der Waals surface area contributed by atoms with Crippen molar-refractivity contribution in [3.05, 3.63) is 458 Å². The van der Waals surface area contributed by atoms with Gasteiger partial charge in [-0.05, 0) is 231 Å². The maximum absolute atomic E-state index is 12.1. The molecule has 0 amide bonds. The molecule has 0 fully saturated rings. The van der Waals surface area contributed by atoms with Crippen LogP contribution in [-0.4, -0.2) is 4.92 Å². The van der Waals surface area contributed by atoms with E-state index in [0.29, 0.717) is 5.56 Å². The van der Waals surface area contributed by atoms with Crippen molar-refractivity contribution in [3.63, 3.8) is 0 Å². The Morgan fingerprint density at radius 1 is 0.245 bits per heavy atom. The third-order valence-electron chi connectivity index (χ3n) is 25.9. The normalized spacial score (nSPS) is 14.3. The van der Waals surface area contributed by atoms with Crippen LogP contribution in [-0.2, 0) is 22.7 Å². The molecule has 510 valence electrons. The predicted octanol–water partition coefficient (Wildman–Crippen LogP) is 26.4. The van der Waals surface area contributed by atoms with E-state index in [1.54, 1.807) is 12.1 Å². The molecule has 4 heteroatoms. The first-order valence-electron chi connectivity index (χ1n) is 38.3. The molecule has 26 rings (SSSR count). The molecule has 1 N–H and O–H groups in total. The Morgan fingerprint density at radius 3 is 1.07 bits per heavy atom. The van der Waals surface area contributed by atoms with Gasteiger partial charge in [0.15, 0.2) is 0 Å². The fourth-order valence-electron chi connectivity index (χ4n) is 22.1. The Balaban J connectivity index is 0.0000000965. The van der Waals surface area contributed by atoms with Gasteiger partial charge in [-0.2, -0.15) is 0 Å². The minimum absolute atomic E-state index is 0.120. The molecule has 1 heterocycles. The molecule has 4 nitrogen and oxygen atoms in total. The zero-order valence-corrected chi connectivity index (χ0v) is 59.7. The minimum Gasteiger partial charge on any atom is -0.354 e. The summed E-state index contributed by atoms with van der Waals surface area (Å²) in [7, 11) is 0. The largest absolute Gasteiger partial charge is 0.354 e. The van der Waals surface area contributed by atoms with Gasteiger partial charge >= 0.3 is 0 Å². The lowest BCUT2D eigenvalue weighted by atomic mass is 9.68. The van der Waals surface area contributed by atoms with Crippen LogP contribution in [0.15, 0.2) is 370 Å². The smallest absolute Gasteiger partial charge is 0.277 e. The number of nitrogens with zero attached hydrogens (tertiary/aromatic N) is 1. The third kappa shape index (κ3) is 7.64. The molecule has 3 spiro atoms. The highest BCUT2D eigenvalue weighted by molar-refractivity contribution is 6.20. The van der Waals surface area contributed by atoms with Crippen molar-refractivity contribution >= 4 is 49.4 Å². The van der Waals surface area contributed by atoms with E-state index in [9.17, 15) is 10.1 Å². The molecule has 0 bridgehead atoms. The summed E-state index contributed by atoms with van der Waals surface area (Å²) in [5, 5.41) is 23.4. The average Bonchev–Trinajstić information content (AvgIpc) is 1.51. The number of nitro groups is 1. The van der Waals surface area contributed by atoms with E-state index in [2.05, 4.69) is 345 Å². The van der Waals surface area contributed by atoms with Crippen LogP contribution >= 0.6 is 0 Å². The number of nitrogens with one attached hydrogen (secondary N) is 1. The monoisotopic (exact) mass is 1400 g/mol. The molecule has 0 atom stereocenters. The summed E-state index contributed by atoms with van der Waals surface area (Å²) in [5.41, 5.74) is 43.5. The number of hydrogen-bond acceptors (Lipinski definition) is 3. The van der Waals surface area contributed by atoms with Crippen LogP contribution < -0.4 is 5.32 Å². The van der Waals surface area contributed by atoms with Crippen LogP contribution in [0.5, 0.6) is 0 Å². The molecule has 18 aromatic rings. The van der Waals surface area contributed by atoms with Crippen LogP contribution in [0.4, 0.5) is 17.1 Å². The molecular formula is C106H64N2O2. The van der Waals surface area contributed by atoms with E-state index in [1.165, 1.54) is 200 Å². The Morgan fingerprint density at radius 2 is 0.573 bits per heavy atom. The fraction of sp³-hybridized carbons (Fsp3) is 0.0377. The zero-order valence-electron chi connectivity index (χ0n) is 59.7. The first-order chi connectivity index (χ1) is 54.5. The Labute approximate surface area is 636 Å². The molecule has 0 saturated carbocycles. The second-order valence-corrected chi connectivity index (χ2v) is 30.6. The molecule has 0 saturated heterocycles. The highest BCUT2D eigenvalue weighted by Gasteiger charge is 2.57. The van der Waals surface area contributed by atoms with Gasteiger partial charge in [0.2, 0.25) is 0 Å². The summed E-state index contributed by atoms with van der Waals surface area (Å²) < 4.78 is 0. The Hall–Kier alpha value is -14.1. The van der Waals surface area contributed by atoms with Gasteiger partial charge in [-0.1, -0.05) is 334 Å². The second kappa shape index (κ2) is 22.5. The average molecular weight is 1400 g/mol. The van der Waals surface area contributed by atoms with Crippen molar-refractivity contribution in [1.29, 1.82) is 0 Å². The number of anilines is 2. The molecular weight excluding hydrogens is 1330 g/mol. The van der Waals surface area contributed by atoms with Gasteiger partial charge in [-0.3, -0.25) is 10.1 Å². The van der Waals surface area contributed by atoms with Crippen LogP contribution in [0.25, 0.3) is 132 Å². The molecule has 110 heavy (non-hydrogen) atoms. The van der Waals surface area contributed by atoms with E-state index in [1.807, 2.05) is 18.2 Å². The van der Waals surface area contributed by atoms with Crippen molar-refractivity contribution in [1.82, 2.24) is 0 Å². The molecule has 0 unspecified atom stereocenters. The van der Waals surface area contributed by atoms with Crippen molar-refractivity contribution in [2.45, 2.75) is 22.7 Å². The number of nitro benzene ring substituents is 1. The van der Waals surface area contributed by atoms with Gasteiger partial charge < -0.3 is 5.32 Å². The molecule has 8 aliphatic rings. The lowest BCUT2D eigenvalue weighted by molar-refractivity contribution is -0.384. The highest BCUT2D eigenvalue weighted by atomic mass is 16.6. The topological polar surface area (TPSA) is 55.2 Å². The van der Waals surface area contributed by atoms with Gasteiger partial charge in [0.1, 0.15) is 0 Å². The summed E-state index contributed by atoms with van der Waals surface area (Å²) in [6, 6.07) is 134. The molecule has 18 aromatic carbocycles. The van der Waals surface area contributed by atoms with Crippen LogP contribution in [0, 0.1) is 10.1 Å². The van der Waals surface area contributed by atoms with Crippen LogP contribution in [0.1, 0.15) is 77.9 Å². The molecule has 7 aliphatic carbocycles. The lowest BCUT2D eigenvalue weighted by Crippen LogP contribution is -2.27. The van der Waals surface area contributed by atoms with Crippen molar-refractivity contribution in [2.75, 3.05) is 5.32 Å². The maximum Gasteiger partial charge on any atom is 0.277 e. The van der Waals surface area contributed by atoms with E-state index < -0.39 is 5.41 Å². The SMILES string of the molecule is O=[N+]([O-])c1ccccc1-c1cc2c(c3ccccc13)-c1ccccc1C21c2ccccc2-c2ccccc21.c1ccc2c(c1)Cc1c3c(c4ccccc4c1-2)-c1ccccc1C31c2ccccc2-c2ccccc21.c1ccc2c(c1)Nc1cccc3c4c(cc-2c13)C1(c2ccccc2-c2ccccc21)c1ccccc1-4. The Bertz CT molecular complexity index is 7030. The number of benzene rings is 18. The highest BCUT2D eigenvalue weighted by Crippen LogP contribution is 2.70. The molecule has 1 aliphatic heterocycles. The van der Waals surface area contributed by atoms with Gasteiger partial charge in [-0.15, -0.1) is 0 Å². The van der Waals surface area contributed by atoms with Crippen LogP contribution in [0.2, 0.25) is 0 Å². The van der Waals surface area contributed by atoms with Crippen molar-refractivity contribution in [2.24, 2.45) is 0 Å². The lowest BCUT2D eigenvalue weighted by Gasteiger charge is -2.32. The van der Waals surface area contributed by atoms with E-state index in [0.717, 1.165) is 22.8 Å². The zero-order chi connectivity index (χ0) is 72.3. The van der Waals surface area contributed by atoms with E-state index in [-0.39, 0.29) is 21.4 Å². The summed E-state index contributed by atoms with van der Waals surface area (Å²) in [6.07, 6.45) is 0.985. The van der Waals surface area contributed by atoms with E-state index >= 15 is 0 Å². The number of hydrogen-bond donors (Lipinski definition) is 1. The second-order valence-electron chi connectivity index (χ2n) is 30.6. The standard InChI is InChI=1S/C36H22.C35H21NO2.C35H21N/c1-2-12-23-22(11-1)21-29-33(23)26-15-3-4-16-27(26)34-28-17-7-10-20-32(28)36(35(29)34)30-18-8-5-13-24(30)25-14-6-9-19-31(25)36;37-36(38)33-20-10-6-14-25(33)28-21-32-34(26-15-2-1-11-22(26)28)27-16-5-9-19-31(27)35(32)29-17-7-3-12-23(29)24-13-4-8-18-30(24)35;1-5-15-27-21(10-1)22-11-2-6-16-28(22)35(27)29-17-7-3-13-24(29)33-25-14-9-19-32-34(25)26(20-30(33)35)23-12-4-8-18-31(23)36-32/h1-20H,21H2;1-21H;1-20,36H. The van der Waals surface area contributed by atoms with Crippen molar-refractivity contribution in [3.8, 4) is 100 Å².